The normalized spacial score (nSPS) is 11.3. The van der Waals surface area contributed by atoms with Crippen molar-refractivity contribution in [1.82, 2.24) is 0 Å². The lowest BCUT2D eigenvalue weighted by Gasteiger charge is -2.25. The molecule has 3 nitrogen and oxygen atoms in total. The second kappa shape index (κ2) is 7.21. The van der Waals surface area contributed by atoms with E-state index in [1.165, 1.54) is 30.3 Å². The lowest BCUT2D eigenvalue weighted by atomic mass is 10.2. The van der Waals surface area contributed by atoms with Crippen molar-refractivity contribution >= 4 is 15.7 Å². The molecule has 0 radical (unpaired) electrons. The molecule has 3 rings (SSSR count). The van der Waals surface area contributed by atoms with Crippen LogP contribution in [0, 0.1) is 17.5 Å². The van der Waals surface area contributed by atoms with E-state index in [2.05, 4.69) is 0 Å². The average Bonchev–Trinajstić information content (AvgIpc) is 2.61. The molecule has 134 valence electrons. The molecule has 0 saturated carbocycles. The lowest BCUT2D eigenvalue weighted by molar-refractivity contribution is 0.569. The van der Waals surface area contributed by atoms with Crippen LogP contribution in [0.3, 0.4) is 0 Å². The summed E-state index contributed by atoms with van der Waals surface area (Å²) < 4.78 is 67.8. The van der Waals surface area contributed by atoms with E-state index in [0.717, 1.165) is 22.5 Å². The molecule has 3 aromatic rings. The average molecular weight is 377 g/mol. The number of anilines is 1. The highest BCUT2D eigenvalue weighted by Gasteiger charge is 2.26. The zero-order chi connectivity index (χ0) is 18.7. The number of halogens is 3. The number of benzene rings is 3. The standard InChI is InChI=1S/C19H14F3NO2S/c20-15-5-4-6-17(11-15)23(13-14-9-10-16(21)12-19(14)22)26(24,25)18-7-2-1-3-8-18/h1-12H,13H2. The first-order chi connectivity index (χ1) is 12.4. The summed E-state index contributed by atoms with van der Waals surface area (Å²) in [6.07, 6.45) is 0. The highest BCUT2D eigenvalue weighted by molar-refractivity contribution is 7.92. The number of rotatable bonds is 5. The third-order valence-corrected chi connectivity index (χ3v) is 5.54. The molecule has 3 aromatic carbocycles. The van der Waals surface area contributed by atoms with Crippen molar-refractivity contribution in [3.63, 3.8) is 0 Å². The van der Waals surface area contributed by atoms with Gasteiger partial charge in [-0.05, 0) is 36.4 Å². The van der Waals surface area contributed by atoms with E-state index in [9.17, 15) is 21.6 Å². The van der Waals surface area contributed by atoms with E-state index >= 15 is 0 Å². The topological polar surface area (TPSA) is 37.4 Å². The van der Waals surface area contributed by atoms with Gasteiger partial charge in [-0.15, -0.1) is 0 Å². The fraction of sp³-hybridized carbons (Fsp3) is 0.0526. The van der Waals surface area contributed by atoms with Crippen molar-refractivity contribution in [3.05, 3.63) is 95.8 Å². The Bertz CT molecular complexity index is 1020. The van der Waals surface area contributed by atoms with Gasteiger partial charge >= 0.3 is 0 Å². The summed E-state index contributed by atoms with van der Waals surface area (Å²) in [5, 5.41) is 0. The minimum atomic E-state index is -4.09. The van der Waals surface area contributed by atoms with Crippen LogP contribution in [0.25, 0.3) is 0 Å². The molecule has 0 unspecified atom stereocenters. The molecular formula is C19H14F3NO2S. The molecule has 26 heavy (non-hydrogen) atoms. The highest BCUT2D eigenvalue weighted by Crippen LogP contribution is 2.27. The van der Waals surface area contributed by atoms with Crippen LogP contribution in [0.15, 0.2) is 77.7 Å². The predicted molar refractivity (Wildman–Crippen MR) is 92.6 cm³/mol. The zero-order valence-electron chi connectivity index (χ0n) is 13.4. The van der Waals surface area contributed by atoms with Gasteiger partial charge in [-0.3, -0.25) is 4.31 Å². The fourth-order valence-electron chi connectivity index (χ4n) is 2.47. The Balaban J connectivity index is 2.11. The van der Waals surface area contributed by atoms with Gasteiger partial charge in [0.15, 0.2) is 0 Å². The van der Waals surface area contributed by atoms with Crippen LogP contribution in [0.1, 0.15) is 5.56 Å². The van der Waals surface area contributed by atoms with Crippen LogP contribution in [0.4, 0.5) is 18.9 Å². The second-order valence-corrected chi connectivity index (χ2v) is 7.40. The van der Waals surface area contributed by atoms with Crippen molar-refractivity contribution in [2.75, 3.05) is 4.31 Å². The maximum atomic E-state index is 14.1. The summed E-state index contributed by atoms with van der Waals surface area (Å²) in [5.41, 5.74) is 0.00717. The van der Waals surface area contributed by atoms with E-state index in [1.54, 1.807) is 18.2 Å². The van der Waals surface area contributed by atoms with Crippen LogP contribution in [-0.4, -0.2) is 8.42 Å². The first-order valence-electron chi connectivity index (χ1n) is 7.65. The van der Waals surface area contributed by atoms with E-state index in [0.29, 0.717) is 6.07 Å². The molecule has 0 N–H and O–H groups in total. The maximum Gasteiger partial charge on any atom is 0.264 e. The maximum absolute atomic E-state index is 14.1. The Kier molecular flexibility index (Phi) is 4.99. The third kappa shape index (κ3) is 3.72. The van der Waals surface area contributed by atoms with Crippen LogP contribution < -0.4 is 4.31 Å². The SMILES string of the molecule is O=S(=O)(c1ccccc1)N(Cc1ccc(F)cc1F)c1cccc(F)c1. The highest BCUT2D eigenvalue weighted by atomic mass is 32.2. The van der Waals surface area contributed by atoms with Gasteiger partial charge < -0.3 is 0 Å². The Labute approximate surface area is 149 Å². The molecule has 0 saturated heterocycles. The largest absolute Gasteiger partial charge is 0.264 e. The van der Waals surface area contributed by atoms with Gasteiger partial charge in [0, 0.05) is 11.6 Å². The monoisotopic (exact) mass is 377 g/mol. The minimum Gasteiger partial charge on any atom is -0.262 e. The van der Waals surface area contributed by atoms with Crippen LogP contribution in [0.2, 0.25) is 0 Å². The molecule has 7 heteroatoms. The van der Waals surface area contributed by atoms with Gasteiger partial charge in [-0.1, -0.05) is 30.3 Å². The van der Waals surface area contributed by atoms with Gasteiger partial charge in [0.2, 0.25) is 0 Å². The number of hydrogen-bond donors (Lipinski definition) is 0. The molecule has 0 bridgehead atoms. The molecule has 0 aliphatic rings. The molecular weight excluding hydrogens is 363 g/mol. The Morgan fingerprint density at radius 2 is 1.46 bits per heavy atom. The Morgan fingerprint density at radius 3 is 2.12 bits per heavy atom. The van der Waals surface area contributed by atoms with Crippen molar-refractivity contribution in [1.29, 1.82) is 0 Å². The molecule has 0 atom stereocenters. The summed E-state index contributed by atoms with van der Waals surface area (Å²) in [4.78, 5) is -0.0215. The number of hydrogen-bond acceptors (Lipinski definition) is 2. The summed E-state index contributed by atoms with van der Waals surface area (Å²) in [7, 11) is -4.09. The van der Waals surface area contributed by atoms with Crippen molar-refractivity contribution in [2.24, 2.45) is 0 Å². The van der Waals surface area contributed by atoms with Crippen LogP contribution in [0.5, 0.6) is 0 Å². The van der Waals surface area contributed by atoms with Gasteiger partial charge in [0.25, 0.3) is 10.0 Å². The molecule has 0 aliphatic heterocycles. The van der Waals surface area contributed by atoms with Gasteiger partial charge in [-0.25, -0.2) is 21.6 Å². The molecule has 0 heterocycles. The van der Waals surface area contributed by atoms with Gasteiger partial charge in [0.05, 0.1) is 17.1 Å². The summed E-state index contributed by atoms with van der Waals surface area (Å²) in [6.45, 7) is -0.410. The molecule has 0 fully saturated rings. The second-order valence-electron chi connectivity index (χ2n) is 5.54. The predicted octanol–water partition coefficient (Wildman–Crippen LogP) is 4.50. The summed E-state index contributed by atoms with van der Waals surface area (Å²) in [6, 6.07) is 15.4. The number of nitrogens with zero attached hydrogens (tertiary/aromatic N) is 1. The van der Waals surface area contributed by atoms with E-state index in [1.807, 2.05) is 0 Å². The third-order valence-electron chi connectivity index (χ3n) is 3.76. The molecule has 0 aromatic heterocycles. The molecule has 0 aliphatic carbocycles. The quantitative estimate of drug-likeness (QED) is 0.657. The first kappa shape index (κ1) is 18.0. The van der Waals surface area contributed by atoms with Crippen molar-refractivity contribution in [3.8, 4) is 0 Å². The fourth-order valence-corrected chi connectivity index (χ4v) is 3.93. The zero-order valence-corrected chi connectivity index (χ0v) is 14.3. The van der Waals surface area contributed by atoms with Crippen LogP contribution in [-0.2, 0) is 16.6 Å². The van der Waals surface area contributed by atoms with Crippen molar-refractivity contribution < 1.29 is 21.6 Å². The molecule has 0 amide bonds. The van der Waals surface area contributed by atoms with Gasteiger partial charge in [-0.2, -0.15) is 0 Å². The summed E-state index contributed by atoms with van der Waals surface area (Å²) >= 11 is 0. The van der Waals surface area contributed by atoms with E-state index in [-0.39, 0.29) is 16.1 Å². The smallest absolute Gasteiger partial charge is 0.262 e. The first-order valence-corrected chi connectivity index (χ1v) is 9.09. The van der Waals surface area contributed by atoms with Crippen LogP contribution >= 0.6 is 0 Å². The molecule has 0 spiro atoms. The minimum absolute atomic E-state index is 0.0215. The lowest BCUT2D eigenvalue weighted by Crippen LogP contribution is -2.31. The Hall–Kier alpha value is -2.80. The van der Waals surface area contributed by atoms with E-state index in [4.69, 9.17) is 0 Å². The van der Waals surface area contributed by atoms with Gasteiger partial charge in [0.1, 0.15) is 17.5 Å². The Morgan fingerprint density at radius 1 is 0.769 bits per heavy atom. The van der Waals surface area contributed by atoms with E-state index < -0.39 is 34.0 Å². The summed E-state index contributed by atoms with van der Waals surface area (Å²) in [5.74, 6) is -2.28. The van der Waals surface area contributed by atoms with Crippen molar-refractivity contribution in [2.45, 2.75) is 11.4 Å². The number of sulfonamides is 1.